The summed E-state index contributed by atoms with van der Waals surface area (Å²) in [7, 11) is 0. The van der Waals surface area contributed by atoms with Gasteiger partial charge in [0.2, 0.25) is 0 Å². The summed E-state index contributed by atoms with van der Waals surface area (Å²) in [6.07, 6.45) is -3.58. The fourth-order valence-corrected chi connectivity index (χ4v) is 4.05. The molecule has 1 aliphatic rings. The highest BCUT2D eigenvalue weighted by molar-refractivity contribution is 8.06. The second-order valence-corrected chi connectivity index (χ2v) is 6.35. The summed E-state index contributed by atoms with van der Waals surface area (Å²) in [5.74, 6) is 3.60. The summed E-state index contributed by atoms with van der Waals surface area (Å²) in [5, 5.41) is 3.90. The average Bonchev–Trinajstić information content (AvgIpc) is 2.28. The molecule has 17 heavy (non-hydrogen) atoms. The molecule has 0 spiro atoms. The highest BCUT2D eigenvalue weighted by atomic mass is 32.2. The van der Waals surface area contributed by atoms with E-state index < -0.39 is 12.8 Å². The van der Waals surface area contributed by atoms with Crippen LogP contribution < -0.4 is 5.32 Å². The molecule has 7 heteroatoms. The minimum absolute atomic E-state index is 0.166. The molecule has 0 aliphatic carbocycles. The van der Waals surface area contributed by atoms with Crippen LogP contribution in [0, 0.1) is 0 Å². The van der Waals surface area contributed by atoms with Crippen LogP contribution in [0.1, 0.15) is 6.42 Å². The second kappa shape index (κ2) is 8.50. The number of nitrogens with one attached hydrogen (secondary N) is 1. The van der Waals surface area contributed by atoms with E-state index in [9.17, 15) is 13.2 Å². The first kappa shape index (κ1) is 15.5. The van der Waals surface area contributed by atoms with E-state index in [1.54, 1.807) is 0 Å². The zero-order chi connectivity index (χ0) is 12.6. The normalized spacial score (nSPS) is 21.7. The largest absolute Gasteiger partial charge is 0.411 e. The molecule has 0 aromatic heterocycles. The van der Waals surface area contributed by atoms with Gasteiger partial charge in [-0.25, -0.2) is 0 Å². The van der Waals surface area contributed by atoms with Gasteiger partial charge in [0, 0.05) is 35.7 Å². The number of ether oxygens (including phenoxy) is 1. The first-order chi connectivity index (χ1) is 8.08. The van der Waals surface area contributed by atoms with Gasteiger partial charge >= 0.3 is 6.18 Å². The van der Waals surface area contributed by atoms with E-state index in [-0.39, 0.29) is 6.61 Å². The summed E-state index contributed by atoms with van der Waals surface area (Å²) >= 11 is 3.94. The van der Waals surface area contributed by atoms with Gasteiger partial charge in [-0.15, -0.1) is 0 Å². The van der Waals surface area contributed by atoms with E-state index >= 15 is 0 Å². The van der Waals surface area contributed by atoms with Crippen LogP contribution in [0.3, 0.4) is 0 Å². The maximum Gasteiger partial charge on any atom is 0.411 e. The first-order valence-electron chi connectivity index (χ1n) is 5.62. The summed E-state index contributed by atoms with van der Waals surface area (Å²) in [6.45, 7) is 0.692. The van der Waals surface area contributed by atoms with Crippen molar-refractivity contribution < 1.29 is 17.9 Å². The van der Waals surface area contributed by atoms with Gasteiger partial charge in [0.05, 0.1) is 0 Å². The zero-order valence-electron chi connectivity index (χ0n) is 9.59. The van der Waals surface area contributed by atoms with Gasteiger partial charge in [-0.3, -0.25) is 0 Å². The fraction of sp³-hybridized carbons (Fsp3) is 1.00. The van der Waals surface area contributed by atoms with Crippen molar-refractivity contribution in [2.24, 2.45) is 0 Å². The number of rotatable bonds is 7. The molecule has 0 radical (unpaired) electrons. The Morgan fingerprint density at radius 1 is 1.29 bits per heavy atom. The van der Waals surface area contributed by atoms with Gasteiger partial charge in [-0.05, 0) is 13.0 Å². The van der Waals surface area contributed by atoms with Gasteiger partial charge in [-0.2, -0.15) is 36.7 Å². The lowest BCUT2D eigenvalue weighted by Gasteiger charge is -2.21. The molecule has 0 aromatic carbocycles. The van der Waals surface area contributed by atoms with E-state index in [0.29, 0.717) is 11.7 Å². The highest BCUT2D eigenvalue weighted by Gasteiger charge is 2.27. The van der Waals surface area contributed by atoms with Crippen molar-refractivity contribution in [3.8, 4) is 0 Å². The van der Waals surface area contributed by atoms with Crippen LogP contribution in [0.4, 0.5) is 13.2 Å². The molecule has 2 nitrogen and oxygen atoms in total. The van der Waals surface area contributed by atoms with Gasteiger partial charge in [0.25, 0.3) is 0 Å². The van der Waals surface area contributed by atoms with E-state index in [4.69, 9.17) is 0 Å². The predicted octanol–water partition coefficient (Wildman–Crippen LogP) is 2.39. The molecule has 0 aromatic rings. The Morgan fingerprint density at radius 2 is 2.12 bits per heavy atom. The van der Waals surface area contributed by atoms with Crippen molar-refractivity contribution in [1.29, 1.82) is 0 Å². The summed E-state index contributed by atoms with van der Waals surface area (Å²) < 4.78 is 39.7. The molecule has 1 N–H and O–H groups in total. The van der Waals surface area contributed by atoms with Crippen molar-refractivity contribution in [2.75, 3.05) is 43.6 Å². The Morgan fingerprint density at radius 3 is 2.76 bits per heavy atom. The SMILES string of the molecule is FC(F)(F)COCCCNCC1CSCCS1. The number of halogens is 3. The Kier molecular flexibility index (Phi) is 7.73. The van der Waals surface area contributed by atoms with Crippen molar-refractivity contribution in [3.63, 3.8) is 0 Å². The number of hydrogen-bond acceptors (Lipinski definition) is 4. The quantitative estimate of drug-likeness (QED) is 0.726. The molecule has 0 amide bonds. The van der Waals surface area contributed by atoms with Crippen LogP contribution in [0.25, 0.3) is 0 Å². The van der Waals surface area contributed by atoms with Crippen LogP contribution in [0.2, 0.25) is 0 Å². The molecule has 0 saturated carbocycles. The highest BCUT2D eigenvalue weighted by Crippen LogP contribution is 2.23. The fourth-order valence-electron chi connectivity index (χ4n) is 1.40. The topological polar surface area (TPSA) is 21.3 Å². The van der Waals surface area contributed by atoms with Crippen molar-refractivity contribution in [3.05, 3.63) is 0 Å². The molecular formula is C10H18F3NOS2. The van der Waals surface area contributed by atoms with E-state index in [1.165, 1.54) is 17.3 Å². The lowest BCUT2D eigenvalue weighted by Crippen LogP contribution is -2.30. The molecule has 1 unspecified atom stereocenters. The average molecular weight is 289 g/mol. The molecule has 1 fully saturated rings. The van der Waals surface area contributed by atoms with Gasteiger partial charge in [0.1, 0.15) is 6.61 Å². The molecule has 0 bridgehead atoms. The summed E-state index contributed by atoms with van der Waals surface area (Å²) in [6, 6.07) is 0. The molecule has 102 valence electrons. The van der Waals surface area contributed by atoms with Crippen LogP contribution in [0.5, 0.6) is 0 Å². The molecule has 1 atom stereocenters. The van der Waals surface area contributed by atoms with E-state index in [2.05, 4.69) is 10.1 Å². The lowest BCUT2D eigenvalue weighted by molar-refractivity contribution is -0.173. The zero-order valence-corrected chi connectivity index (χ0v) is 11.2. The Hall–Kier alpha value is 0.410. The summed E-state index contributed by atoms with van der Waals surface area (Å²) in [4.78, 5) is 0. The minimum Gasteiger partial charge on any atom is -0.372 e. The molecule has 1 rings (SSSR count). The number of hydrogen-bond donors (Lipinski definition) is 1. The third-order valence-electron chi connectivity index (χ3n) is 2.16. The molecule has 1 aliphatic heterocycles. The van der Waals surface area contributed by atoms with Crippen molar-refractivity contribution >= 4 is 23.5 Å². The van der Waals surface area contributed by atoms with Crippen molar-refractivity contribution in [1.82, 2.24) is 5.32 Å². The van der Waals surface area contributed by atoms with Crippen LogP contribution >= 0.6 is 23.5 Å². The minimum atomic E-state index is -4.20. The Balaban J connectivity index is 1.84. The van der Waals surface area contributed by atoms with E-state index in [0.717, 1.165) is 13.1 Å². The molecule has 1 saturated heterocycles. The predicted molar refractivity (Wildman–Crippen MR) is 67.9 cm³/mol. The van der Waals surface area contributed by atoms with Crippen LogP contribution in [0.15, 0.2) is 0 Å². The monoisotopic (exact) mass is 289 g/mol. The second-order valence-electron chi connectivity index (χ2n) is 3.79. The smallest absolute Gasteiger partial charge is 0.372 e. The standard InChI is InChI=1S/C10H18F3NOS2/c11-10(12,13)8-15-3-1-2-14-6-9-7-16-4-5-17-9/h9,14H,1-8H2. The number of alkyl halides is 3. The Bertz CT molecular complexity index is 198. The van der Waals surface area contributed by atoms with E-state index in [1.807, 2.05) is 23.5 Å². The molecular weight excluding hydrogens is 271 g/mol. The first-order valence-corrected chi connectivity index (χ1v) is 7.83. The Labute approximate surface area is 108 Å². The number of thioether (sulfide) groups is 2. The maximum absolute atomic E-state index is 11.7. The molecule has 1 heterocycles. The maximum atomic E-state index is 11.7. The lowest BCUT2D eigenvalue weighted by atomic mass is 10.4. The van der Waals surface area contributed by atoms with Crippen molar-refractivity contribution in [2.45, 2.75) is 17.8 Å². The van der Waals surface area contributed by atoms with Gasteiger partial charge in [0.15, 0.2) is 0 Å². The van der Waals surface area contributed by atoms with Gasteiger partial charge < -0.3 is 10.1 Å². The van der Waals surface area contributed by atoms with Crippen LogP contribution in [-0.2, 0) is 4.74 Å². The van der Waals surface area contributed by atoms with Crippen LogP contribution in [-0.4, -0.2) is 55.0 Å². The van der Waals surface area contributed by atoms with Gasteiger partial charge in [-0.1, -0.05) is 0 Å². The summed E-state index contributed by atoms with van der Waals surface area (Å²) in [5.41, 5.74) is 0. The third kappa shape index (κ3) is 9.04. The third-order valence-corrected chi connectivity index (χ3v) is 5.01.